The highest BCUT2D eigenvalue weighted by Crippen LogP contribution is 2.26. The lowest BCUT2D eigenvalue weighted by Gasteiger charge is -2.09. The minimum absolute atomic E-state index is 0. The maximum absolute atomic E-state index is 11.9. The van der Waals surface area contributed by atoms with Crippen LogP contribution in [0, 0.1) is 0 Å². The molecule has 0 saturated heterocycles. The van der Waals surface area contributed by atoms with Crippen LogP contribution in [0.15, 0.2) is 41.0 Å². The van der Waals surface area contributed by atoms with Gasteiger partial charge in [0.25, 0.3) is 5.91 Å². The SMILES string of the molecule is Cl.NCCCCCCC(=O)Nc1ccc(NC(=O)c2ccco2)c(Cl)c1. The normalized spacial score (nSPS) is 10.1. The summed E-state index contributed by atoms with van der Waals surface area (Å²) in [6.45, 7) is 0.688. The first-order valence-corrected chi connectivity index (χ1v) is 8.62. The summed E-state index contributed by atoms with van der Waals surface area (Å²) in [7, 11) is 0. The maximum atomic E-state index is 11.9. The van der Waals surface area contributed by atoms with Gasteiger partial charge in [0.05, 0.1) is 17.0 Å². The fourth-order valence-electron chi connectivity index (χ4n) is 2.29. The van der Waals surface area contributed by atoms with Gasteiger partial charge in [-0.05, 0) is 49.7 Å². The summed E-state index contributed by atoms with van der Waals surface area (Å²) in [5.41, 5.74) is 6.47. The Hall–Kier alpha value is -2.02. The number of carbonyl (C=O) groups excluding carboxylic acids is 2. The van der Waals surface area contributed by atoms with Crippen LogP contribution in [0.5, 0.6) is 0 Å². The zero-order valence-corrected chi connectivity index (χ0v) is 15.9. The van der Waals surface area contributed by atoms with E-state index in [1.54, 1.807) is 30.3 Å². The smallest absolute Gasteiger partial charge is 0.291 e. The monoisotopic (exact) mass is 399 g/mol. The molecule has 4 N–H and O–H groups in total. The third-order valence-electron chi connectivity index (χ3n) is 3.60. The number of hydrogen-bond acceptors (Lipinski definition) is 4. The molecule has 0 atom stereocenters. The second-order valence-electron chi connectivity index (χ2n) is 5.63. The standard InChI is InChI=1S/C18H22ClN3O3.ClH/c19-14-12-13(21-17(23)7-3-1-2-4-10-20)8-9-15(14)22-18(24)16-6-5-11-25-16;/h5-6,8-9,11-12H,1-4,7,10,20H2,(H,21,23)(H,22,24);1H. The molecule has 26 heavy (non-hydrogen) atoms. The minimum Gasteiger partial charge on any atom is -0.459 e. The van der Waals surface area contributed by atoms with E-state index in [0.717, 1.165) is 25.7 Å². The third-order valence-corrected chi connectivity index (χ3v) is 3.92. The van der Waals surface area contributed by atoms with Crippen LogP contribution in [0.3, 0.4) is 0 Å². The van der Waals surface area contributed by atoms with E-state index in [1.165, 1.54) is 6.26 Å². The van der Waals surface area contributed by atoms with Gasteiger partial charge in [0, 0.05) is 12.1 Å². The second kappa shape index (κ2) is 11.6. The summed E-state index contributed by atoms with van der Waals surface area (Å²) in [5, 5.41) is 5.80. The van der Waals surface area contributed by atoms with E-state index in [2.05, 4.69) is 10.6 Å². The molecule has 8 heteroatoms. The van der Waals surface area contributed by atoms with Crippen molar-refractivity contribution < 1.29 is 14.0 Å². The molecule has 0 fully saturated rings. The van der Waals surface area contributed by atoms with Crippen molar-refractivity contribution in [1.29, 1.82) is 0 Å². The number of rotatable bonds is 9. The van der Waals surface area contributed by atoms with Crippen LogP contribution in [-0.2, 0) is 4.79 Å². The van der Waals surface area contributed by atoms with Crippen molar-refractivity contribution >= 4 is 47.2 Å². The molecule has 1 aromatic carbocycles. The van der Waals surface area contributed by atoms with E-state index in [4.69, 9.17) is 21.8 Å². The van der Waals surface area contributed by atoms with E-state index in [-0.39, 0.29) is 30.0 Å². The minimum atomic E-state index is -0.388. The number of halogens is 2. The topological polar surface area (TPSA) is 97.4 Å². The number of hydrogen-bond donors (Lipinski definition) is 3. The highest BCUT2D eigenvalue weighted by Gasteiger charge is 2.11. The van der Waals surface area contributed by atoms with Crippen LogP contribution >= 0.6 is 24.0 Å². The number of amides is 2. The average Bonchev–Trinajstić information content (AvgIpc) is 3.12. The van der Waals surface area contributed by atoms with E-state index in [9.17, 15) is 9.59 Å². The van der Waals surface area contributed by atoms with Gasteiger partial charge in [0.15, 0.2) is 5.76 Å². The van der Waals surface area contributed by atoms with Gasteiger partial charge in [0.1, 0.15) is 0 Å². The quantitative estimate of drug-likeness (QED) is 0.542. The predicted molar refractivity (Wildman–Crippen MR) is 106 cm³/mol. The molecule has 0 aliphatic heterocycles. The summed E-state index contributed by atoms with van der Waals surface area (Å²) in [5.74, 6) is -0.250. The Bertz CT molecular complexity index is 706. The molecule has 0 aliphatic carbocycles. The zero-order valence-electron chi connectivity index (χ0n) is 14.3. The van der Waals surface area contributed by atoms with Gasteiger partial charge in [0.2, 0.25) is 5.91 Å². The van der Waals surface area contributed by atoms with Gasteiger partial charge < -0.3 is 20.8 Å². The van der Waals surface area contributed by atoms with Gasteiger partial charge in [-0.25, -0.2) is 0 Å². The van der Waals surface area contributed by atoms with Crippen molar-refractivity contribution in [3.63, 3.8) is 0 Å². The Labute approximate surface area is 163 Å². The molecule has 0 unspecified atom stereocenters. The van der Waals surface area contributed by atoms with Crippen molar-refractivity contribution in [3.05, 3.63) is 47.4 Å². The summed E-state index contributed by atoms with van der Waals surface area (Å²) in [6.07, 6.45) is 5.73. The van der Waals surface area contributed by atoms with Gasteiger partial charge in [-0.15, -0.1) is 12.4 Å². The Kier molecular flexibility index (Phi) is 9.80. The van der Waals surface area contributed by atoms with E-state index in [0.29, 0.717) is 29.4 Å². The molecule has 2 rings (SSSR count). The van der Waals surface area contributed by atoms with Crippen molar-refractivity contribution in [2.45, 2.75) is 32.1 Å². The van der Waals surface area contributed by atoms with Crippen molar-refractivity contribution in [2.75, 3.05) is 17.2 Å². The molecule has 1 heterocycles. The fraction of sp³-hybridized carbons (Fsp3) is 0.333. The van der Waals surface area contributed by atoms with Crippen LogP contribution in [0.25, 0.3) is 0 Å². The Balaban J connectivity index is 0.00000338. The molecule has 142 valence electrons. The molecule has 0 saturated carbocycles. The number of furan rings is 1. The highest BCUT2D eigenvalue weighted by molar-refractivity contribution is 6.34. The first-order chi connectivity index (χ1) is 12.1. The molecular formula is C18H23Cl2N3O3. The Morgan fingerprint density at radius 3 is 2.50 bits per heavy atom. The molecule has 0 radical (unpaired) electrons. The number of anilines is 2. The first kappa shape index (κ1) is 22.0. The van der Waals surface area contributed by atoms with Crippen LogP contribution in [0.4, 0.5) is 11.4 Å². The lowest BCUT2D eigenvalue weighted by atomic mass is 10.1. The van der Waals surface area contributed by atoms with Crippen LogP contribution in [-0.4, -0.2) is 18.4 Å². The van der Waals surface area contributed by atoms with Crippen LogP contribution in [0.2, 0.25) is 5.02 Å². The molecular weight excluding hydrogens is 377 g/mol. The predicted octanol–water partition coefficient (Wildman–Crippen LogP) is 4.45. The summed E-state index contributed by atoms with van der Waals surface area (Å²) >= 11 is 6.17. The molecule has 2 amide bonds. The fourth-order valence-corrected chi connectivity index (χ4v) is 2.52. The number of unbranched alkanes of at least 4 members (excludes halogenated alkanes) is 3. The summed E-state index contributed by atoms with van der Waals surface area (Å²) < 4.78 is 5.03. The molecule has 0 aliphatic rings. The van der Waals surface area contributed by atoms with Crippen molar-refractivity contribution in [2.24, 2.45) is 5.73 Å². The third kappa shape index (κ3) is 7.07. The molecule has 1 aromatic heterocycles. The first-order valence-electron chi connectivity index (χ1n) is 8.24. The Morgan fingerprint density at radius 2 is 1.85 bits per heavy atom. The number of benzene rings is 1. The molecule has 6 nitrogen and oxygen atoms in total. The summed E-state index contributed by atoms with van der Waals surface area (Å²) in [6, 6.07) is 8.12. The zero-order chi connectivity index (χ0) is 18.1. The van der Waals surface area contributed by atoms with Crippen LogP contribution in [0.1, 0.15) is 42.7 Å². The summed E-state index contributed by atoms with van der Waals surface area (Å²) in [4.78, 5) is 23.9. The van der Waals surface area contributed by atoms with E-state index in [1.807, 2.05) is 0 Å². The maximum Gasteiger partial charge on any atom is 0.291 e. The number of nitrogens with one attached hydrogen (secondary N) is 2. The number of carbonyl (C=O) groups is 2. The second-order valence-corrected chi connectivity index (χ2v) is 6.03. The van der Waals surface area contributed by atoms with Gasteiger partial charge in [-0.2, -0.15) is 0 Å². The highest BCUT2D eigenvalue weighted by atomic mass is 35.5. The molecule has 2 aromatic rings. The van der Waals surface area contributed by atoms with Gasteiger partial charge in [-0.3, -0.25) is 9.59 Å². The van der Waals surface area contributed by atoms with Gasteiger partial charge >= 0.3 is 0 Å². The lowest BCUT2D eigenvalue weighted by molar-refractivity contribution is -0.116. The van der Waals surface area contributed by atoms with E-state index >= 15 is 0 Å². The van der Waals surface area contributed by atoms with E-state index < -0.39 is 0 Å². The molecule has 0 spiro atoms. The lowest BCUT2D eigenvalue weighted by Crippen LogP contribution is -2.13. The number of nitrogens with two attached hydrogens (primary N) is 1. The van der Waals surface area contributed by atoms with Gasteiger partial charge in [-0.1, -0.05) is 24.4 Å². The largest absolute Gasteiger partial charge is 0.459 e. The van der Waals surface area contributed by atoms with Crippen molar-refractivity contribution in [3.8, 4) is 0 Å². The molecule has 0 bridgehead atoms. The van der Waals surface area contributed by atoms with Crippen LogP contribution < -0.4 is 16.4 Å². The Morgan fingerprint density at radius 1 is 1.08 bits per heavy atom. The van der Waals surface area contributed by atoms with Crippen molar-refractivity contribution in [1.82, 2.24) is 0 Å². The average molecular weight is 400 g/mol.